The number of rotatable bonds is 4. The molecule has 0 amide bonds. The second-order valence-electron chi connectivity index (χ2n) is 12.8. The average molecular weight is 774 g/mol. The van der Waals surface area contributed by atoms with Crippen molar-refractivity contribution in [2.45, 2.75) is 72.0 Å². The van der Waals surface area contributed by atoms with E-state index in [0.717, 1.165) is 38.9 Å². The largest absolute Gasteiger partial charge is 0.486 e. The van der Waals surface area contributed by atoms with Crippen LogP contribution in [0.25, 0.3) is 44.6 Å². The van der Waals surface area contributed by atoms with Crippen LogP contribution in [0.2, 0.25) is 19.6 Å². The molecule has 0 saturated heterocycles. The van der Waals surface area contributed by atoms with Gasteiger partial charge in [-0.3, -0.25) is 0 Å². The molecule has 1 aliphatic rings. The van der Waals surface area contributed by atoms with Gasteiger partial charge >= 0.3 is 0 Å². The summed E-state index contributed by atoms with van der Waals surface area (Å²) in [6, 6.07) is 27.0. The Labute approximate surface area is 275 Å². The van der Waals surface area contributed by atoms with Gasteiger partial charge in [0.25, 0.3) is 0 Å². The number of hydrogen-bond donors (Lipinski definition) is 0. The second-order valence-corrected chi connectivity index (χ2v) is 17.9. The van der Waals surface area contributed by atoms with Crippen molar-refractivity contribution in [3.63, 3.8) is 0 Å². The fourth-order valence-electron chi connectivity index (χ4n) is 6.02. The Kier molecular flexibility index (Phi) is 9.64. The molecule has 2 aromatic carbocycles. The van der Waals surface area contributed by atoms with Crippen molar-refractivity contribution >= 4 is 35.3 Å². The summed E-state index contributed by atoms with van der Waals surface area (Å²) in [5.74, 6) is 0.455. The Hall–Kier alpha value is -3.44. The molecular formula is C38H39IrN3OSi-2. The predicted molar refractivity (Wildman–Crippen MR) is 181 cm³/mol. The van der Waals surface area contributed by atoms with Crippen LogP contribution >= 0.6 is 0 Å². The molecule has 0 atom stereocenters. The number of aromatic nitrogens is 3. The van der Waals surface area contributed by atoms with Gasteiger partial charge in [-0.2, -0.15) is 0 Å². The number of nitrogens with zero attached hydrogens (tertiary/aromatic N) is 3. The summed E-state index contributed by atoms with van der Waals surface area (Å²) in [4.78, 5) is 13.8. The van der Waals surface area contributed by atoms with Crippen molar-refractivity contribution in [3.05, 3.63) is 108 Å². The van der Waals surface area contributed by atoms with E-state index in [9.17, 15) is 0 Å². The number of benzene rings is 2. The van der Waals surface area contributed by atoms with Crippen LogP contribution < -0.4 is 5.19 Å². The zero-order chi connectivity index (χ0) is 30.1. The normalized spacial score (nSPS) is 12.9. The Morgan fingerprint density at radius 3 is 2.39 bits per heavy atom. The Morgan fingerprint density at radius 2 is 1.66 bits per heavy atom. The quantitative estimate of drug-likeness (QED) is 0.133. The van der Waals surface area contributed by atoms with Crippen LogP contribution in [0.4, 0.5) is 0 Å². The summed E-state index contributed by atoms with van der Waals surface area (Å²) in [7, 11) is -1.31. The van der Waals surface area contributed by atoms with Crippen LogP contribution in [-0.2, 0) is 32.9 Å². The number of furan rings is 1. The monoisotopic (exact) mass is 774 g/mol. The van der Waals surface area contributed by atoms with Crippen molar-refractivity contribution in [2.75, 3.05) is 0 Å². The molecule has 44 heavy (non-hydrogen) atoms. The SMILES string of the molecule is C[Si](C)(C)c1cnc(-c2[c-]cccc2)c2c1CCCC2.Cc1ccc2c(n1)oc1c(-c3cc(C(C)C)ccn3)[c-]ccc12.[Ir]. The molecule has 4 nitrogen and oxygen atoms in total. The maximum atomic E-state index is 6.04. The Balaban J connectivity index is 0.000000172. The van der Waals surface area contributed by atoms with E-state index >= 15 is 0 Å². The Morgan fingerprint density at radius 1 is 0.864 bits per heavy atom. The zero-order valence-corrected chi connectivity index (χ0v) is 29.8. The molecule has 1 radical (unpaired) electrons. The van der Waals surface area contributed by atoms with E-state index in [0.29, 0.717) is 11.6 Å². The first kappa shape index (κ1) is 32.0. The molecule has 0 bridgehead atoms. The summed E-state index contributed by atoms with van der Waals surface area (Å²) >= 11 is 0. The molecule has 6 aromatic rings. The van der Waals surface area contributed by atoms with Gasteiger partial charge in [0, 0.05) is 43.6 Å². The van der Waals surface area contributed by atoms with Gasteiger partial charge in [-0.15, -0.1) is 54.1 Å². The molecule has 227 valence electrons. The van der Waals surface area contributed by atoms with Crippen molar-refractivity contribution in [2.24, 2.45) is 0 Å². The minimum Gasteiger partial charge on any atom is -0.486 e. The van der Waals surface area contributed by atoms with Crippen LogP contribution in [0.15, 0.2) is 77.5 Å². The van der Waals surface area contributed by atoms with Gasteiger partial charge in [0.05, 0.1) is 13.7 Å². The molecule has 0 spiro atoms. The van der Waals surface area contributed by atoms with E-state index in [2.05, 4.69) is 92.1 Å². The number of fused-ring (bicyclic) bond motifs is 4. The molecule has 0 saturated carbocycles. The summed E-state index contributed by atoms with van der Waals surface area (Å²) in [6.07, 6.45) is 9.04. The third-order valence-corrected chi connectivity index (χ3v) is 10.4. The van der Waals surface area contributed by atoms with Gasteiger partial charge < -0.3 is 14.4 Å². The summed E-state index contributed by atoms with van der Waals surface area (Å²) in [5.41, 5.74) is 10.9. The van der Waals surface area contributed by atoms with Gasteiger partial charge in [-0.1, -0.05) is 67.2 Å². The van der Waals surface area contributed by atoms with Crippen molar-refractivity contribution in [3.8, 4) is 22.5 Å². The number of aryl methyl sites for hydroxylation is 1. The van der Waals surface area contributed by atoms with Gasteiger partial charge in [-0.05, 0) is 73.3 Å². The molecule has 0 N–H and O–H groups in total. The molecule has 0 unspecified atom stereocenters. The van der Waals surface area contributed by atoms with Gasteiger partial charge in [-0.25, -0.2) is 4.98 Å². The third kappa shape index (κ3) is 6.49. The van der Waals surface area contributed by atoms with E-state index in [1.807, 2.05) is 43.5 Å². The minimum atomic E-state index is -1.31. The first-order valence-corrected chi connectivity index (χ1v) is 18.9. The first-order valence-electron chi connectivity index (χ1n) is 15.4. The van der Waals surface area contributed by atoms with Crippen LogP contribution in [0.1, 0.15) is 55.0 Å². The molecule has 6 heteroatoms. The van der Waals surface area contributed by atoms with Crippen molar-refractivity contribution in [1.82, 2.24) is 15.0 Å². The van der Waals surface area contributed by atoms with Crippen molar-refractivity contribution in [1.29, 1.82) is 0 Å². The maximum Gasteiger partial charge on any atom is 0.216 e. The summed E-state index contributed by atoms with van der Waals surface area (Å²) < 4.78 is 6.04. The fraction of sp³-hybridized carbons (Fsp3) is 0.289. The fourth-order valence-corrected chi connectivity index (χ4v) is 7.65. The molecular weight excluding hydrogens is 735 g/mol. The maximum absolute atomic E-state index is 6.04. The molecule has 4 heterocycles. The van der Waals surface area contributed by atoms with Crippen LogP contribution in [0.5, 0.6) is 0 Å². The zero-order valence-electron chi connectivity index (χ0n) is 26.4. The molecule has 4 aromatic heterocycles. The molecule has 0 fully saturated rings. The van der Waals surface area contributed by atoms with E-state index in [-0.39, 0.29) is 20.1 Å². The van der Waals surface area contributed by atoms with Gasteiger partial charge in [0.15, 0.2) is 0 Å². The molecule has 1 aliphatic carbocycles. The predicted octanol–water partition coefficient (Wildman–Crippen LogP) is 9.25. The van der Waals surface area contributed by atoms with Crippen molar-refractivity contribution < 1.29 is 24.5 Å². The number of hydrogen-bond acceptors (Lipinski definition) is 4. The van der Waals surface area contributed by atoms with Crippen LogP contribution in [-0.4, -0.2) is 23.0 Å². The van der Waals surface area contributed by atoms with Crippen LogP contribution in [0, 0.1) is 19.1 Å². The van der Waals surface area contributed by atoms with E-state index in [1.54, 1.807) is 10.8 Å². The average Bonchev–Trinajstić information content (AvgIpc) is 3.38. The molecule has 7 rings (SSSR count). The van der Waals surface area contributed by atoms with Crippen LogP contribution in [0.3, 0.4) is 0 Å². The van der Waals surface area contributed by atoms with E-state index in [4.69, 9.17) is 9.40 Å². The van der Waals surface area contributed by atoms with E-state index in [1.165, 1.54) is 42.5 Å². The number of pyridine rings is 3. The van der Waals surface area contributed by atoms with E-state index < -0.39 is 8.07 Å². The smallest absolute Gasteiger partial charge is 0.216 e. The summed E-state index contributed by atoms with van der Waals surface area (Å²) in [5, 5.41) is 3.64. The van der Waals surface area contributed by atoms with Gasteiger partial charge in [0.2, 0.25) is 5.71 Å². The standard InChI is InChI=1S/C20H17N2O.C18H22NSi.Ir/c1-12(2)14-9-10-21-18(11-14)17-6-4-5-15-16-8-7-13(3)22-20(16)23-19(15)17;1-20(2,3)17-13-19-18(14-9-5-4-6-10-14)16-12-8-7-11-15(16)17;/h4-5,7-12H,1-3H3;4-6,9,13H,7-8,11-12H2,1-3H3;/q2*-1;. The second kappa shape index (κ2) is 13.3. The first-order chi connectivity index (χ1) is 20.7. The van der Waals surface area contributed by atoms with Gasteiger partial charge in [0.1, 0.15) is 0 Å². The molecule has 0 aliphatic heterocycles. The minimum absolute atomic E-state index is 0. The topological polar surface area (TPSA) is 51.8 Å². The summed E-state index contributed by atoms with van der Waals surface area (Å²) in [6.45, 7) is 13.6. The third-order valence-electron chi connectivity index (χ3n) is 8.32. The Bertz CT molecular complexity index is 1910.